The SMILES string of the molecule is CCN(CC)c1ccc(C2CC(C=Cc3cncn3C)=NN2c2cc(C)c3ccccc3n2)cc1. The highest BCUT2D eigenvalue weighted by atomic mass is 15.5. The minimum Gasteiger partial charge on any atom is -0.372 e. The van der Waals surface area contributed by atoms with Gasteiger partial charge in [0.05, 0.1) is 35.5 Å². The highest BCUT2D eigenvalue weighted by Crippen LogP contribution is 2.37. The largest absolute Gasteiger partial charge is 0.372 e. The molecule has 0 amide bonds. The van der Waals surface area contributed by atoms with Crippen molar-refractivity contribution < 1.29 is 0 Å². The van der Waals surface area contributed by atoms with Crippen molar-refractivity contribution in [2.45, 2.75) is 33.2 Å². The second kappa shape index (κ2) is 9.74. The number of benzene rings is 2. The third kappa shape index (κ3) is 4.56. The molecular weight excluding hydrogens is 432 g/mol. The monoisotopic (exact) mass is 464 g/mol. The normalized spacial score (nSPS) is 15.8. The molecule has 1 unspecified atom stereocenters. The maximum absolute atomic E-state index is 5.04. The lowest BCUT2D eigenvalue weighted by molar-refractivity contribution is 0.700. The minimum atomic E-state index is 0.0833. The van der Waals surface area contributed by atoms with Crippen LogP contribution in [0, 0.1) is 6.92 Å². The zero-order valence-corrected chi connectivity index (χ0v) is 20.9. The first-order valence-corrected chi connectivity index (χ1v) is 12.3. The van der Waals surface area contributed by atoms with Gasteiger partial charge < -0.3 is 9.47 Å². The number of rotatable bonds is 7. The Bertz CT molecular complexity index is 1380. The molecular formula is C29H32N6. The molecule has 0 spiro atoms. The second-order valence-electron chi connectivity index (χ2n) is 9.00. The molecule has 0 bridgehead atoms. The van der Waals surface area contributed by atoms with E-state index in [0.29, 0.717) is 0 Å². The lowest BCUT2D eigenvalue weighted by atomic mass is 10.0. The smallest absolute Gasteiger partial charge is 0.150 e. The molecule has 1 aliphatic rings. The third-order valence-electron chi connectivity index (χ3n) is 6.78. The summed E-state index contributed by atoms with van der Waals surface area (Å²) in [5, 5.41) is 8.31. The predicted octanol–water partition coefficient (Wildman–Crippen LogP) is 6.14. The quantitative estimate of drug-likeness (QED) is 0.329. The van der Waals surface area contributed by atoms with E-state index in [1.807, 2.05) is 30.2 Å². The van der Waals surface area contributed by atoms with Gasteiger partial charge in [0, 0.05) is 37.6 Å². The summed E-state index contributed by atoms with van der Waals surface area (Å²) in [4.78, 5) is 11.6. The number of fused-ring (bicyclic) bond motifs is 1. The number of hydrogen-bond acceptors (Lipinski definition) is 5. The number of pyridine rings is 1. The lowest BCUT2D eigenvalue weighted by Crippen LogP contribution is -2.22. The van der Waals surface area contributed by atoms with Gasteiger partial charge in [-0.2, -0.15) is 5.10 Å². The molecule has 2 aromatic heterocycles. The summed E-state index contributed by atoms with van der Waals surface area (Å²) in [5.41, 5.74) is 6.76. The van der Waals surface area contributed by atoms with Crippen LogP contribution in [0.2, 0.25) is 0 Å². The fourth-order valence-corrected chi connectivity index (χ4v) is 4.76. The Morgan fingerprint density at radius 2 is 1.80 bits per heavy atom. The van der Waals surface area contributed by atoms with Crippen molar-refractivity contribution in [2.24, 2.45) is 12.1 Å². The summed E-state index contributed by atoms with van der Waals surface area (Å²) >= 11 is 0. The Labute approximate surface area is 207 Å². The molecule has 0 N–H and O–H groups in total. The average Bonchev–Trinajstić information content (AvgIpc) is 3.50. The molecule has 0 saturated heterocycles. The van der Waals surface area contributed by atoms with E-state index in [4.69, 9.17) is 10.1 Å². The van der Waals surface area contributed by atoms with E-state index in [1.165, 1.54) is 22.2 Å². The van der Waals surface area contributed by atoms with Crippen LogP contribution < -0.4 is 9.91 Å². The first kappa shape index (κ1) is 22.8. The van der Waals surface area contributed by atoms with Crippen LogP contribution in [0.3, 0.4) is 0 Å². The summed E-state index contributed by atoms with van der Waals surface area (Å²) in [6, 6.07) is 19.5. The van der Waals surface area contributed by atoms with Crippen LogP contribution >= 0.6 is 0 Å². The average molecular weight is 465 g/mol. The molecule has 1 aliphatic heterocycles. The zero-order chi connectivity index (χ0) is 24.4. The fourth-order valence-electron chi connectivity index (χ4n) is 4.76. The van der Waals surface area contributed by atoms with E-state index in [1.54, 1.807) is 0 Å². The van der Waals surface area contributed by atoms with Crippen molar-refractivity contribution in [2.75, 3.05) is 23.0 Å². The topological polar surface area (TPSA) is 49.6 Å². The number of hydrogen-bond donors (Lipinski definition) is 0. The van der Waals surface area contributed by atoms with E-state index in [-0.39, 0.29) is 6.04 Å². The molecule has 3 heterocycles. The Hall–Kier alpha value is -3.93. The van der Waals surface area contributed by atoms with Crippen LogP contribution in [0.15, 0.2) is 78.3 Å². The highest BCUT2D eigenvalue weighted by molar-refractivity contribution is 6.01. The minimum absolute atomic E-state index is 0.0833. The van der Waals surface area contributed by atoms with Gasteiger partial charge in [-0.05, 0) is 68.3 Å². The van der Waals surface area contributed by atoms with Crippen molar-refractivity contribution in [3.63, 3.8) is 0 Å². The number of imidazole rings is 1. The Balaban J connectivity index is 1.52. The standard InChI is InChI=1S/C29H32N6/c1-5-34(6-2)24-14-11-22(12-15-24)28-18-23(13-16-25-19-30-20-33(25)4)32-35(28)29-17-21(3)26-9-7-8-10-27(26)31-29/h7-17,19-20,28H,5-6,18H2,1-4H3. The summed E-state index contributed by atoms with van der Waals surface area (Å²) in [5.74, 6) is 0.878. The number of para-hydroxylation sites is 1. The predicted molar refractivity (Wildman–Crippen MR) is 146 cm³/mol. The fraction of sp³-hybridized carbons (Fsp3) is 0.276. The maximum Gasteiger partial charge on any atom is 0.150 e. The molecule has 1 atom stereocenters. The molecule has 0 fully saturated rings. The van der Waals surface area contributed by atoms with Gasteiger partial charge in [0.25, 0.3) is 0 Å². The van der Waals surface area contributed by atoms with Gasteiger partial charge in [0.2, 0.25) is 0 Å². The molecule has 5 rings (SSSR count). The Morgan fingerprint density at radius 1 is 1.03 bits per heavy atom. The van der Waals surface area contributed by atoms with Crippen molar-refractivity contribution in [3.8, 4) is 0 Å². The van der Waals surface area contributed by atoms with E-state index < -0.39 is 0 Å². The van der Waals surface area contributed by atoms with Crippen LogP contribution in [0.1, 0.15) is 43.1 Å². The zero-order valence-electron chi connectivity index (χ0n) is 20.9. The maximum atomic E-state index is 5.04. The van der Waals surface area contributed by atoms with E-state index in [0.717, 1.165) is 42.3 Å². The van der Waals surface area contributed by atoms with Crippen molar-refractivity contribution >= 4 is 34.2 Å². The number of anilines is 2. The van der Waals surface area contributed by atoms with Gasteiger partial charge in [-0.25, -0.2) is 15.0 Å². The summed E-state index contributed by atoms with van der Waals surface area (Å²) < 4.78 is 2.00. The van der Waals surface area contributed by atoms with Crippen LogP contribution in [0.25, 0.3) is 17.0 Å². The van der Waals surface area contributed by atoms with E-state index >= 15 is 0 Å². The number of aromatic nitrogens is 3. The van der Waals surface area contributed by atoms with Gasteiger partial charge in [-0.15, -0.1) is 0 Å². The molecule has 6 heteroatoms. The number of hydrazone groups is 1. The molecule has 35 heavy (non-hydrogen) atoms. The van der Waals surface area contributed by atoms with Crippen molar-refractivity contribution in [1.29, 1.82) is 0 Å². The van der Waals surface area contributed by atoms with Gasteiger partial charge in [0.15, 0.2) is 0 Å². The van der Waals surface area contributed by atoms with Crippen molar-refractivity contribution in [1.82, 2.24) is 14.5 Å². The Kier molecular flexibility index (Phi) is 6.36. The van der Waals surface area contributed by atoms with Crippen LogP contribution in [0.5, 0.6) is 0 Å². The summed E-state index contributed by atoms with van der Waals surface area (Å²) in [6.45, 7) is 8.52. The number of allylic oxidation sites excluding steroid dienone is 1. The van der Waals surface area contributed by atoms with Crippen LogP contribution in [0.4, 0.5) is 11.5 Å². The van der Waals surface area contributed by atoms with Crippen LogP contribution in [-0.4, -0.2) is 33.3 Å². The van der Waals surface area contributed by atoms with Gasteiger partial charge in [-0.3, -0.25) is 0 Å². The van der Waals surface area contributed by atoms with Gasteiger partial charge >= 0.3 is 0 Å². The lowest BCUT2D eigenvalue weighted by Gasteiger charge is -2.25. The molecule has 0 saturated carbocycles. The first-order valence-electron chi connectivity index (χ1n) is 12.3. The number of aryl methyl sites for hydroxylation is 2. The van der Waals surface area contributed by atoms with Crippen LogP contribution in [-0.2, 0) is 7.05 Å². The molecule has 0 aliphatic carbocycles. The highest BCUT2D eigenvalue weighted by Gasteiger charge is 2.29. The van der Waals surface area contributed by atoms with Gasteiger partial charge in [0.1, 0.15) is 5.82 Å². The molecule has 6 nitrogen and oxygen atoms in total. The number of nitrogens with zero attached hydrogens (tertiary/aromatic N) is 6. The first-order chi connectivity index (χ1) is 17.1. The van der Waals surface area contributed by atoms with Crippen molar-refractivity contribution in [3.05, 3.63) is 90.0 Å². The summed E-state index contributed by atoms with van der Waals surface area (Å²) in [7, 11) is 2.00. The van der Waals surface area contributed by atoms with E-state index in [2.05, 4.69) is 96.3 Å². The summed E-state index contributed by atoms with van der Waals surface area (Å²) in [6.07, 6.45) is 8.66. The molecule has 4 aromatic rings. The third-order valence-corrected chi connectivity index (χ3v) is 6.78. The van der Waals surface area contributed by atoms with Gasteiger partial charge in [-0.1, -0.05) is 30.3 Å². The Morgan fingerprint density at radius 3 is 2.51 bits per heavy atom. The molecule has 178 valence electrons. The second-order valence-corrected chi connectivity index (χ2v) is 9.00. The van der Waals surface area contributed by atoms with E-state index in [9.17, 15) is 0 Å². The molecule has 0 radical (unpaired) electrons. The molecule has 2 aromatic carbocycles.